The number of hydrogen-bond donors (Lipinski definition) is 1. The zero-order valence-corrected chi connectivity index (χ0v) is 12.0. The molecule has 4 nitrogen and oxygen atoms in total. The lowest BCUT2D eigenvalue weighted by Gasteiger charge is -2.31. The topological polar surface area (TPSA) is 49.6 Å². The minimum Gasteiger partial charge on any atom is -0.398 e. The smallest absolute Gasteiger partial charge is 0.236 e. The Morgan fingerprint density at radius 3 is 2.89 bits per heavy atom. The molecule has 1 aromatic carbocycles. The Hall–Kier alpha value is -1.55. The number of fused-ring (bicyclic) bond motifs is 1. The van der Waals surface area contributed by atoms with Gasteiger partial charge in [-0.15, -0.1) is 0 Å². The van der Waals surface area contributed by atoms with Gasteiger partial charge in [0, 0.05) is 31.9 Å². The molecule has 0 saturated heterocycles. The summed E-state index contributed by atoms with van der Waals surface area (Å²) in [5.74, 6) is 0.174. The van der Waals surface area contributed by atoms with Gasteiger partial charge in [0.2, 0.25) is 5.91 Å². The summed E-state index contributed by atoms with van der Waals surface area (Å²) in [6, 6.07) is 6.31. The first-order valence-electron chi connectivity index (χ1n) is 6.83. The standard InChI is InChI=1S/C15H23N3O/c1-11(2)17(3)15(19)10-18-8-7-12-5-4-6-14(16)13(12)9-18/h4-6,11H,7-10,16H2,1-3H3. The summed E-state index contributed by atoms with van der Waals surface area (Å²) >= 11 is 0. The first kappa shape index (κ1) is 13.9. The Labute approximate surface area is 115 Å². The molecule has 1 aromatic rings. The van der Waals surface area contributed by atoms with Crippen molar-refractivity contribution >= 4 is 11.6 Å². The Bertz CT molecular complexity index is 470. The molecule has 0 atom stereocenters. The molecule has 0 radical (unpaired) electrons. The van der Waals surface area contributed by atoms with Crippen LogP contribution in [-0.2, 0) is 17.8 Å². The van der Waals surface area contributed by atoms with E-state index in [0.717, 1.165) is 25.2 Å². The van der Waals surface area contributed by atoms with Crippen LogP contribution >= 0.6 is 0 Å². The molecule has 0 aromatic heterocycles. The Morgan fingerprint density at radius 1 is 1.47 bits per heavy atom. The fourth-order valence-electron chi connectivity index (χ4n) is 2.39. The van der Waals surface area contributed by atoms with E-state index < -0.39 is 0 Å². The van der Waals surface area contributed by atoms with Crippen molar-refractivity contribution in [1.29, 1.82) is 0 Å². The van der Waals surface area contributed by atoms with Crippen molar-refractivity contribution in [3.63, 3.8) is 0 Å². The van der Waals surface area contributed by atoms with E-state index >= 15 is 0 Å². The highest BCUT2D eigenvalue weighted by molar-refractivity contribution is 5.78. The highest BCUT2D eigenvalue weighted by Crippen LogP contribution is 2.24. The van der Waals surface area contributed by atoms with E-state index in [2.05, 4.69) is 11.0 Å². The van der Waals surface area contributed by atoms with Gasteiger partial charge in [-0.25, -0.2) is 0 Å². The van der Waals surface area contributed by atoms with E-state index in [1.807, 2.05) is 33.0 Å². The predicted octanol–water partition coefficient (Wildman–Crippen LogP) is 1.49. The van der Waals surface area contributed by atoms with Gasteiger partial charge in [-0.3, -0.25) is 9.69 Å². The van der Waals surface area contributed by atoms with E-state index in [1.165, 1.54) is 11.1 Å². The van der Waals surface area contributed by atoms with Gasteiger partial charge < -0.3 is 10.6 Å². The maximum atomic E-state index is 12.1. The number of carbonyl (C=O) groups excluding carboxylic acids is 1. The van der Waals surface area contributed by atoms with Gasteiger partial charge >= 0.3 is 0 Å². The molecule has 0 unspecified atom stereocenters. The molecule has 1 aliphatic rings. The molecule has 1 heterocycles. The van der Waals surface area contributed by atoms with Crippen molar-refractivity contribution < 1.29 is 4.79 Å². The summed E-state index contributed by atoms with van der Waals surface area (Å²) in [5, 5.41) is 0. The summed E-state index contributed by atoms with van der Waals surface area (Å²) in [5.41, 5.74) is 9.37. The third-order valence-electron chi connectivity index (χ3n) is 3.92. The fraction of sp³-hybridized carbons (Fsp3) is 0.533. The molecule has 4 heteroatoms. The molecule has 0 fully saturated rings. The second-order valence-electron chi connectivity index (χ2n) is 5.54. The molecule has 2 N–H and O–H groups in total. The normalized spacial score (nSPS) is 15.4. The van der Waals surface area contributed by atoms with Gasteiger partial charge in [0.25, 0.3) is 0 Å². The van der Waals surface area contributed by atoms with Crippen molar-refractivity contribution in [3.05, 3.63) is 29.3 Å². The number of nitrogens with two attached hydrogens (primary N) is 1. The average Bonchev–Trinajstić information content (AvgIpc) is 2.38. The monoisotopic (exact) mass is 261 g/mol. The Balaban J connectivity index is 2.02. The Morgan fingerprint density at radius 2 is 2.21 bits per heavy atom. The van der Waals surface area contributed by atoms with Gasteiger partial charge in [-0.1, -0.05) is 12.1 Å². The fourth-order valence-corrected chi connectivity index (χ4v) is 2.39. The summed E-state index contributed by atoms with van der Waals surface area (Å²) < 4.78 is 0. The number of likely N-dealkylation sites (N-methyl/N-ethyl adjacent to an activating group) is 1. The number of benzene rings is 1. The molecule has 104 valence electrons. The molecular formula is C15H23N3O. The van der Waals surface area contributed by atoms with Crippen LogP contribution in [0.15, 0.2) is 18.2 Å². The number of rotatable bonds is 3. The first-order valence-corrected chi connectivity index (χ1v) is 6.83. The highest BCUT2D eigenvalue weighted by atomic mass is 16.2. The molecule has 0 spiro atoms. The molecular weight excluding hydrogens is 238 g/mol. The van der Waals surface area contributed by atoms with Crippen LogP contribution in [0.4, 0.5) is 5.69 Å². The van der Waals surface area contributed by atoms with Crippen LogP contribution in [-0.4, -0.2) is 41.9 Å². The van der Waals surface area contributed by atoms with Gasteiger partial charge in [0.05, 0.1) is 6.54 Å². The predicted molar refractivity (Wildman–Crippen MR) is 77.7 cm³/mol. The zero-order valence-electron chi connectivity index (χ0n) is 12.0. The van der Waals surface area contributed by atoms with Crippen LogP contribution < -0.4 is 5.73 Å². The van der Waals surface area contributed by atoms with Crippen molar-refractivity contribution in [2.24, 2.45) is 0 Å². The molecule has 0 saturated carbocycles. The van der Waals surface area contributed by atoms with Gasteiger partial charge in [0.15, 0.2) is 0 Å². The van der Waals surface area contributed by atoms with Gasteiger partial charge in [-0.2, -0.15) is 0 Å². The number of amides is 1. The lowest BCUT2D eigenvalue weighted by molar-refractivity contribution is -0.132. The average molecular weight is 261 g/mol. The zero-order chi connectivity index (χ0) is 14.0. The maximum absolute atomic E-state index is 12.1. The number of carbonyl (C=O) groups is 1. The van der Waals surface area contributed by atoms with Crippen LogP contribution in [0.3, 0.4) is 0 Å². The van der Waals surface area contributed by atoms with Crippen molar-refractivity contribution in [2.45, 2.75) is 32.9 Å². The van der Waals surface area contributed by atoms with E-state index in [4.69, 9.17) is 5.73 Å². The van der Waals surface area contributed by atoms with Crippen molar-refractivity contribution in [2.75, 3.05) is 25.9 Å². The quantitative estimate of drug-likeness (QED) is 0.839. The summed E-state index contributed by atoms with van der Waals surface area (Å²) in [6.07, 6.45) is 0.971. The number of nitrogens with zero attached hydrogens (tertiary/aromatic N) is 2. The van der Waals surface area contributed by atoms with Crippen LogP contribution in [0.25, 0.3) is 0 Å². The third-order valence-corrected chi connectivity index (χ3v) is 3.92. The first-order chi connectivity index (χ1) is 8.99. The lowest BCUT2D eigenvalue weighted by atomic mass is 9.98. The number of nitrogen functional groups attached to an aromatic ring is 1. The van der Waals surface area contributed by atoms with E-state index in [0.29, 0.717) is 6.54 Å². The summed E-state index contributed by atoms with van der Waals surface area (Å²) in [7, 11) is 1.86. The Kier molecular flexibility index (Phi) is 4.10. The molecule has 0 bridgehead atoms. The molecule has 19 heavy (non-hydrogen) atoms. The molecule has 1 aliphatic heterocycles. The van der Waals surface area contributed by atoms with Crippen molar-refractivity contribution in [1.82, 2.24) is 9.80 Å². The van der Waals surface area contributed by atoms with E-state index in [9.17, 15) is 4.79 Å². The minimum absolute atomic E-state index is 0.174. The molecule has 2 rings (SSSR count). The van der Waals surface area contributed by atoms with Crippen LogP contribution in [0, 0.1) is 0 Å². The maximum Gasteiger partial charge on any atom is 0.236 e. The highest BCUT2D eigenvalue weighted by Gasteiger charge is 2.21. The third kappa shape index (κ3) is 3.07. The van der Waals surface area contributed by atoms with Crippen LogP contribution in [0.1, 0.15) is 25.0 Å². The largest absolute Gasteiger partial charge is 0.398 e. The SMILES string of the molecule is CC(C)N(C)C(=O)CN1CCc2cccc(N)c2C1. The summed E-state index contributed by atoms with van der Waals surface area (Å²) in [6.45, 7) is 6.24. The number of anilines is 1. The molecule has 0 aliphatic carbocycles. The second-order valence-corrected chi connectivity index (χ2v) is 5.54. The minimum atomic E-state index is 0.174. The van der Waals surface area contributed by atoms with E-state index in [-0.39, 0.29) is 11.9 Å². The molecule has 1 amide bonds. The van der Waals surface area contributed by atoms with Crippen molar-refractivity contribution in [3.8, 4) is 0 Å². The number of hydrogen-bond acceptors (Lipinski definition) is 3. The summed E-state index contributed by atoms with van der Waals surface area (Å²) in [4.78, 5) is 16.1. The lowest BCUT2D eigenvalue weighted by Crippen LogP contribution is -2.43. The second kappa shape index (κ2) is 5.61. The van der Waals surface area contributed by atoms with Gasteiger partial charge in [0.1, 0.15) is 0 Å². The van der Waals surface area contributed by atoms with Gasteiger partial charge in [-0.05, 0) is 37.5 Å². The van der Waals surface area contributed by atoms with E-state index in [1.54, 1.807) is 4.90 Å². The van der Waals surface area contributed by atoms with Crippen LogP contribution in [0.5, 0.6) is 0 Å². The van der Waals surface area contributed by atoms with Crippen LogP contribution in [0.2, 0.25) is 0 Å².